The van der Waals surface area contributed by atoms with E-state index >= 15 is 0 Å². The molecule has 0 fully saturated rings. The number of fused-ring (bicyclic) bond motifs is 4. The van der Waals surface area contributed by atoms with Crippen molar-refractivity contribution in [1.82, 2.24) is 53.6 Å². The Labute approximate surface area is 835 Å². The molecule has 144 heavy (non-hydrogen) atoms. The summed E-state index contributed by atoms with van der Waals surface area (Å²) in [5.74, 6) is 2.55. The van der Waals surface area contributed by atoms with Crippen LogP contribution in [0.15, 0.2) is 534 Å². The van der Waals surface area contributed by atoms with Crippen LogP contribution in [0.3, 0.4) is 0 Å². The molecule has 0 saturated heterocycles. The highest BCUT2D eigenvalue weighted by Gasteiger charge is 2.24. The van der Waals surface area contributed by atoms with E-state index in [-0.39, 0.29) is 0 Å². The van der Waals surface area contributed by atoms with E-state index in [0.717, 1.165) is 192 Å². The van der Waals surface area contributed by atoms with Crippen LogP contribution in [-0.2, 0) is 0 Å². The Bertz CT molecular complexity index is 8610. The summed E-state index contributed by atoms with van der Waals surface area (Å²) >= 11 is 0. The van der Waals surface area contributed by atoms with Crippen LogP contribution in [0.1, 0.15) is 11.1 Å². The number of imidazole rings is 3. The molecule has 0 bridgehead atoms. The van der Waals surface area contributed by atoms with Crippen LogP contribution in [0, 0.1) is 13.8 Å². The van der Waals surface area contributed by atoms with Crippen LogP contribution in [0.5, 0.6) is 0 Å². The maximum atomic E-state index is 5.00. The zero-order valence-electron chi connectivity index (χ0n) is 79.1. The molecule has 0 aliphatic rings. The number of aryl methyl sites for hydroxylation is 2. The summed E-state index contributed by atoms with van der Waals surface area (Å²) in [6.07, 6.45) is 9.46. The highest BCUT2D eigenvalue weighted by atomic mass is 15.2. The molecule has 0 aliphatic carbocycles. The standard InChI is InChI=1S/C45H31N5.C44H34N4.C41H29N5/c1-3-14-36(15-4-1)49(43-21-11-13-32-12-7-8-18-39(32)43)38-28-26-34(27-29-38)42-31-46-41(30-47-42)33-22-24-35(25-23-33)45-48-40-19-9-10-20-44(40)50(45)37-16-5-2-6-17-37;1-31-12-23-38(24-13-31)47(39-25-14-32(2)15-26-39)40-27-20-34(21-28-40)33-16-18-35(19-17-33)36-22-29-42(45-30-36)44-46-41-10-6-7-11-43(41)48(44)37-8-4-3-5-9-37;1-4-12-33(13-5-1)45(34-14-6-2-7-15-34)36-24-20-30(21-25-36)37-26-22-31(28-42-37)32-23-27-39(43-29-32)41-44-38-18-10-11-19-40(38)46(41)35-16-8-3-9-17-35/h1-31H;3-30H,1-2H3;1-29H. The van der Waals surface area contributed by atoms with Gasteiger partial charge in [0.15, 0.2) is 11.6 Å². The van der Waals surface area contributed by atoms with Gasteiger partial charge in [-0.25, -0.2) is 15.0 Å². The lowest BCUT2D eigenvalue weighted by atomic mass is 10.0. The van der Waals surface area contributed by atoms with Gasteiger partial charge >= 0.3 is 0 Å². The topological polar surface area (TPSA) is 128 Å². The number of aromatic nitrogens is 11. The Morgan fingerprint density at radius 3 is 0.833 bits per heavy atom. The molecule has 0 N–H and O–H groups in total. The van der Waals surface area contributed by atoms with E-state index in [1.807, 2.05) is 140 Å². The molecule has 0 radical (unpaired) electrons. The first kappa shape index (κ1) is 88.5. The number of anilines is 9. The maximum Gasteiger partial charge on any atom is 0.164 e. The smallest absolute Gasteiger partial charge is 0.164 e. The van der Waals surface area contributed by atoms with Crippen molar-refractivity contribution in [2.24, 2.45) is 0 Å². The van der Waals surface area contributed by atoms with Gasteiger partial charge in [0.25, 0.3) is 0 Å². The highest BCUT2D eigenvalue weighted by molar-refractivity contribution is 5.99. The second kappa shape index (κ2) is 40.3. The maximum absolute atomic E-state index is 5.00. The van der Waals surface area contributed by atoms with Crippen molar-refractivity contribution in [1.29, 1.82) is 0 Å². The average molecular weight is 1850 g/mol. The molecule has 0 spiro atoms. The highest BCUT2D eigenvalue weighted by Crippen LogP contribution is 2.44. The number of hydrogen-bond donors (Lipinski definition) is 0. The van der Waals surface area contributed by atoms with Crippen molar-refractivity contribution < 1.29 is 0 Å². The number of para-hydroxylation sites is 12. The van der Waals surface area contributed by atoms with Gasteiger partial charge in [0.05, 0.1) is 68.3 Å². The molecular weight excluding hydrogens is 1760 g/mol. The fraction of sp³-hybridized carbons (Fsp3) is 0.0154. The number of hydrogen-bond acceptors (Lipinski definition) is 11. The van der Waals surface area contributed by atoms with E-state index in [9.17, 15) is 0 Å². The number of nitrogens with zero attached hydrogens (tertiary/aromatic N) is 14. The van der Waals surface area contributed by atoms with Crippen LogP contribution in [0.4, 0.5) is 51.2 Å². The van der Waals surface area contributed by atoms with E-state index in [1.54, 1.807) is 0 Å². The normalized spacial score (nSPS) is 11.1. The third-order valence-corrected chi connectivity index (χ3v) is 26.1. The summed E-state index contributed by atoms with van der Waals surface area (Å²) in [5.41, 5.74) is 36.6. The van der Waals surface area contributed by atoms with Gasteiger partial charge in [0, 0.05) is 125 Å². The van der Waals surface area contributed by atoms with E-state index in [0.29, 0.717) is 0 Å². The SMILES string of the molecule is Cc1ccc(N(c2ccc(C)cc2)c2ccc(-c3ccc(-c4ccc(-c5nc6ccccc6n5-c5ccccc5)nc4)cc3)cc2)cc1.c1ccc(N(c2ccc(-c3cnc(-c4ccc(-c5nc6ccccc6n5-c5ccccc5)cc4)cn3)cc2)c2cccc3ccccc23)cc1.c1ccc(N(c2ccccc2)c2ccc(-c3ccc(-c4ccc(-c5nc6ccccc6n5-c5ccccc5)nc4)cn3)cc2)cc1. The largest absolute Gasteiger partial charge is 0.311 e. The Hall–Kier alpha value is -19.4. The van der Waals surface area contributed by atoms with Gasteiger partial charge in [-0.05, 0) is 230 Å². The minimum Gasteiger partial charge on any atom is -0.311 e. The predicted molar refractivity (Wildman–Crippen MR) is 592 cm³/mol. The molecule has 18 aromatic carbocycles. The van der Waals surface area contributed by atoms with Crippen LogP contribution in [-0.4, -0.2) is 53.6 Å². The summed E-state index contributed by atoms with van der Waals surface area (Å²) in [6.45, 7) is 4.24. The van der Waals surface area contributed by atoms with Crippen molar-refractivity contribution in [3.8, 4) is 119 Å². The Balaban J connectivity index is 0.000000120. The van der Waals surface area contributed by atoms with Crippen molar-refractivity contribution in [3.05, 3.63) is 546 Å². The molecule has 7 aromatic heterocycles. The lowest BCUT2D eigenvalue weighted by Gasteiger charge is -2.27. The van der Waals surface area contributed by atoms with Crippen molar-refractivity contribution in [3.63, 3.8) is 0 Å². The Morgan fingerprint density at radius 1 is 0.174 bits per heavy atom. The second-order valence-corrected chi connectivity index (χ2v) is 35.3. The molecule has 0 unspecified atom stereocenters. The second-order valence-electron chi connectivity index (χ2n) is 35.3. The monoisotopic (exact) mass is 1850 g/mol. The minimum absolute atomic E-state index is 0.813. The fourth-order valence-electron chi connectivity index (χ4n) is 18.7. The van der Waals surface area contributed by atoms with Gasteiger partial charge in [0.2, 0.25) is 0 Å². The van der Waals surface area contributed by atoms with E-state index in [2.05, 4.69) is 437 Å². The van der Waals surface area contributed by atoms with Gasteiger partial charge in [0.1, 0.15) is 17.2 Å². The Morgan fingerprint density at radius 2 is 0.438 bits per heavy atom. The molecule has 7 heterocycles. The quantitative estimate of drug-likeness (QED) is 0.0682. The minimum atomic E-state index is 0.813. The van der Waals surface area contributed by atoms with E-state index < -0.39 is 0 Å². The molecule has 14 nitrogen and oxygen atoms in total. The third-order valence-electron chi connectivity index (χ3n) is 26.1. The molecule has 25 aromatic rings. The lowest BCUT2D eigenvalue weighted by Crippen LogP contribution is -2.10. The van der Waals surface area contributed by atoms with Crippen molar-refractivity contribution in [2.75, 3.05) is 14.7 Å². The van der Waals surface area contributed by atoms with Crippen molar-refractivity contribution >= 4 is 95.1 Å². The number of pyridine rings is 3. The first-order chi connectivity index (χ1) is 71.2. The van der Waals surface area contributed by atoms with Crippen molar-refractivity contribution in [2.45, 2.75) is 13.8 Å². The summed E-state index contributed by atoms with van der Waals surface area (Å²) in [5, 5.41) is 2.41. The fourth-order valence-corrected chi connectivity index (χ4v) is 18.7. The van der Waals surface area contributed by atoms with E-state index in [1.165, 1.54) is 33.0 Å². The molecule has 684 valence electrons. The lowest BCUT2D eigenvalue weighted by molar-refractivity contribution is 1.08. The predicted octanol–water partition coefficient (Wildman–Crippen LogP) is 33.2. The molecule has 14 heteroatoms. The first-order valence-corrected chi connectivity index (χ1v) is 48.2. The summed E-state index contributed by atoms with van der Waals surface area (Å²) in [4.78, 5) is 46.0. The first-order valence-electron chi connectivity index (χ1n) is 48.2. The molecule has 0 aliphatic heterocycles. The van der Waals surface area contributed by atoms with Gasteiger partial charge in [-0.15, -0.1) is 0 Å². The van der Waals surface area contributed by atoms with Gasteiger partial charge in [-0.3, -0.25) is 38.6 Å². The summed E-state index contributed by atoms with van der Waals surface area (Å²) in [6, 6.07) is 175. The molecule has 0 amide bonds. The zero-order valence-corrected chi connectivity index (χ0v) is 79.1. The van der Waals surface area contributed by atoms with Gasteiger partial charge < -0.3 is 14.7 Å². The van der Waals surface area contributed by atoms with Crippen LogP contribution in [0.25, 0.3) is 163 Å². The Kier molecular flexibility index (Phi) is 24.8. The van der Waals surface area contributed by atoms with Crippen LogP contribution in [0.2, 0.25) is 0 Å². The number of benzene rings is 18. The van der Waals surface area contributed by atoms with Crippen LogP contribution >= 0.6 is 0 Å². The number of rotatable bonds is 21. The molecule has 25 rings (SSSR count). The molecular formula is C130H94N14. The average Bonchev–Trinajstić information content (AvgIpc) is 0.968. The third kappa shape index (κ3) is 18.5. The molecule has 0 saturated carbocycles. The summed E-state index contributed by atoms with van der Waals surface area (Å²) < 4.78 is 6.56. The van der Waals surface area contributed by atoms with E-state index in [4.69, 9.17) is 39.9 Å². The zero-order chi connectivity index (χ0) is 96.4. The van der Waals surface area contributed by atoms with Crippen LogP contribution < -0.4 is 14.7 Å². The van der Waals surface area contributed by atoms with Gasteiger partial charge in [-0.1, -0.05) is 321 Å². The summed E-state index contributed by atoms with van der Waals surface area (Å²) in [7, 11) is 0. The van der Waals surface area contributed by atoms with Gasteiger partial charge in [-0.2, -0.15) is 0 Å². The molecule has 0 atom stereocenters.